The molecule has 1 aliphatic heterocycles. The normalized spacial score (nSPS) is 16.9. The molecule has 0 atom stereocenters. The van der Waals surface area contributed by atoms with Crippen LogP contribution in [-0.2, 0) is 23.9 Å². The van der Waals surface area contributed by atoms with Gasteiger partial charge in [-0.1, -0.05) is 45.0 Å². The van der Waals surface area contributed by atoms with Crippen molar-refractivity contribution in [3.05, 3.63) is 101 Å². The molecule has 1 amide bonds. The second-order valence-corrected chi connectivity index (χ2v) is 10.6. The molecule has 1 aromatic heterocycles. The van der Waals surface area contributed by atoms with Crippen LogP contribution in [0.5, 0.6) is 5.75 Å². The topological polar surface area (TPSA) is 101 Å². The fourth-order valence-electron chi connectivity index (χ4n) is 4.62. The number of hydrogen-bond acceptors (Lipinski definition) is 5. The summed E-state index contributed by atoms with van der Waals surface area (Å²) in [7, 11) is 1.68. The minimum Gasteiger partial charge on any atom is -0.497 e. The number of ether oxygens (including phenoxy) is 1. The molecule has 1 fully saturated rings. The number of allylic oxidation sites excluding steroid dienone is 1. The number of nitrogens with one attached hydrogen (secondary N) is 1. The van der Waals surface area contributed by atoms with E-state index in [1.807, 2.05) is 26.0 Å². The molecule has 1 saturated heterocycles. The van der Waals surface area contributed by atoms with Gasteiger partial charge >= 0.3 is 6.18 Å². The average molecular weight is 583 g/mol. The van der Waals surface area contributed by atoms with Crippen LogP contribution in [0.1, 0.15) is 54.9 Å². The highest BCUT2D eigenvalue weighted by atomic mass is 19.4. The van der Waals surface area contributed by atoms with E-state index in [2.05, 4.69) is 29.0 Å². The number of likely N-dealkylation sites (tertiary alicyclic amines) is 1. The summed E-state index contributed by atoms with van der Waals surface area (Å²) in [4.78, 5) is 34.1. The number of hydrogen-bond donors (Lipinski definition) is 2. The van der Waals surface area contributed by atoms with Crippen molar-refractivity contribution in [2.45, 2.75) is 46.8 Å². The summed E-state index contributed by atoms with van der Waals surface area (Å²) >= 11 is 0. The Morgan fingerprint density at radius 3 is 2.17 bits per heavy atom. The maximum Gasteiger partial charge on any atom is 0.416 e. The number of Topliss-reactive ketones (excluding diaryl/α,β-unsaturated/α-hetero) is 1. The first-order valence-electron chi connectivity index (χ1n) is 13.5. The van der Waals surface area contributed by atoms with Crippen molar-refractivity contribution in [2.24, 2.45) is 16.1 Å². The van der Waals surface area contributed by atoms with Crippen LogP contribution in [0.2, 0.25) is 0 Å². The first-order valence-corrected chi connectivity index (χ1v) is 13.5. The Kier molecular flexibility index (Phi) is 10.4. The molecule has 0 unspecified atom stereocenters. The molecule has 2 aromatic carbocycles. The van der Waals surface area contributed by atoms with Crippen LogP contribution < -0.4 is 10.5 Å². The first kappa shape index (κ1) is 32.2. The molecule has 0 aliphatic carbocycles. The summed E-state index contributed by atoms with van der Waals surface area (Å²) in [6, 6.07) is 16.3. The zero-order valence-electron chi connectivity index (χ0n) is 24.5. The Morgan fingerprint density at radius 1 is 1.05 bits per heavy atom. The largest absolute Gasteiger partial charge is 0.497 e. The number of aryl methyl sites for hydroxylation is 1. The number of alkyl halides is 3. The molecular weight excluding hydrogens is 545 g/mol. The molecule has 0 bridgehead atoms. The van der Waals surface area contributed by atoms with Gasteiger partial charge in [-0.15, -0.1) is 0 Å². The van der Waals surface area contributed by atoms with Crippen LogP contribution in [0.15, 0.2) is 83.1 Å². The van der Waals surface area contributed by atoms with Gasteiger partial charge in [0, 0.05) is 36.4 Å². The van der Waals surface area contributed by atoms with E-state index in [4.69, 9.17) is 10.5 Å². The number of ketones is 1. The monoisotopic (exact) mass is 582 g/mol. The molecule has 7 nitrogen and oxygen atoms in total. The lowest BCUT2D eigenvalue weighted by molar-refractivity contribution is -0.137. The van der Waals surface area contributed by atoms with Crippen molar-refractivity contribution < 1.29 is 27.5 Å². The van der Waals surface area contributed by atoms with E-state index in [1.54, 1.807) is 30.3 Å². The predicted octanol–water partition coefficient (Wildman–Crippen LogP) is 6.22. The quantitative estimate of drug-likeness (QED) is 0.337. The van der Waals surface area contributed by atoms with E-state index in [9.17, 15) is 22.8 Å². The molecule has 4 rings (SSSR count). The number of benzene rings is 2. The Balaban J connectivity index is 0.000000408. The number of aromatic nitrogens is 1. The van der Waals surface area contributed by atoms with Crippen LogP contribution in [0.3, 0.4) is 0 Å². The summed E-state index contributed by atoms with van der Waals surface area (Å²) in [6.45, 7) is 7.83. The molecule has 1 aliphatic rings. The molecule has 0 saturated carbocycles. The maximum atomic E-state index is 12.9. The standard InChI is InChI=1S/C23H25F3N4O2.C9H12O/c1-14(31)19(27)17-12-30(21(32)18-5-4-10-28-18)13-22(2,3)20(17)29-11-15-6-8-16(9-7-15)23(24,25)26;1-3-8-4-6-9(10-2)7-5-8/h4-10,28H,11-13,27H2,1-3H3;4-7H,3H2,1-2H3/b19-17-,29-20?;. The highest BCUT2D eigenvalue weighted by Gasteiger charge is 2.39. The van der Waals surface area contributed by atoms with Gasteiger partial charge in [0.15, 0.2) is 5.78 Å². The zero-order chi connectivity index (χ0) is 31.1. The van der Waals surface area contributed by atoms with Crippen LogP contribution >= 0.6 is 0 Å². The SMILES string of the molecule is CC(=O)/C(N)=C1\CN(C(=O)c2ccc[nH]2)CC(C)(C)C1=NCc1ccc(C(F)(F)F)cc1.CCc1ccc(OC)cc1. The fraction of sp³-hybridized carbons (Fsp3) is 0.344. The second kappa shape index (κ2) is 13.5. The van der Waals surface area contributed by atoms with Crippen molar-refractivity contribution in [3.63, 3.8) is 0 Å². The lowest BCUT2D eigenvalue weighted by Crippen LogP contribution is -2.51. The number of aliphatic imine (C=N–C) groups is 1. The number of rotatable bonds is 6. The fourth-order valence-corrected chi connectivity index (χ4v) is 4.62. The summed E-state index contributed by atoms with van der Waals surface area (Å²) in [5.74, 6) is 0.364. The van der Waals surface area contributed by atoms with E-state index < -0.39 is 17.2 Å². The molecule has 3 N–H and O–H groups in total. The van der Waals surface area contributed by atoms with Gasteiger partial charge in [-0.2, -0.15) is 13.2 Å². The first-order chi connectivity index (χ1) is 19.8. The molecule has 224 valence electrons. The summed E-state index contributed by atoms with van der Waals surface area (Å²) < 4.78 is 43.4. The number of nitrogens with two attached hydrogens (primary N) is 1. The third-order valence-corrected chi connectivity index (χ3v) is 6.95. The lowest BCUT2D eigenvalue weighted by Gasteiger charge is -2.41. The van der Waals surface area contributed by atoms with Gasteiger partial charge < -0.3 is 20.4 Å². The molecule has 42 heavy (non-hydrogen) atoms. The number of methoxy groups -OCH3 is 1. The lowest BCUT2D eigenvalue weighted by atomic mass is 9.78. The van der Waals surface area contributed by atoms with E-state index in [-0.39, 0.29) is 30.5 Å². The van der Waals surface area contributed by atoms with Gasteiger partial charge in [0.2, 0.25) is 0 Å². The van der Waals surface area contributed by atoms with Gasteiger partial charge in [-0.25, -0.2) is 0 Å². The van der Waals surface area contributed by atoms with Crippen LogP contribution in [0.4, 0.5) is 13.2 Å². The Bertz CT molecular complexity index is 1400. The van der Waals surface area contributed by atoms with E-state index >= 15 is 0 Å². The molecule has 0 radical (unpaired) electrons. The number of halogens is 3. The minimum atomic E-state index is -4.41. The van der Waals surface area contributed by atoms with Crippen LogP contribution in [0, 0.1) is 5.41 Å². The summed E-state index contributed by atoms with van der Waals surface area (Å²) in [5.41, 5.74) is 8.14. The third kappa shape index (κ3) is 8.11. The number of amides is 1. The summed E-state index contributed by atoms with van der Waals surface area (Å²) in [5, 5.41) is 0. The Morgan fingerprint density at radius 2 is 1.67 bits per heavy atom. The number of nitrogens with zero attached hydrogens (tertiary/aromatic N) is 2. The smallest absolute Gasteiger partial charge is 0.416 e. The molecule has 0 spiro atoms. The molecular formula is C32H37F3N4O3. The van der Waals surface area contributed by atoms with Crippen LogP contribution in [0.25, 0.3) is 0 Å². The third-order valence-electron chi connectivity index (χ3n) is 6.95. The molecule has 2 heterocycles. The van der Waals surface area contributed by atoms with Crippen molar-refractivity contribution >= 4 is 17.4 Å². The maximum absolute atomic E-state index is 12.9. The van der Waals surface area contributed by atoms with E-state index in [1.165, 1.54) is 24.6 Å². The van der Waals surface area contributed by atoms with Crippen molar-refractivity contribution in [3.8, 4) is 5.75 Å². The summed E-state index contributed by atoms with van der Waals surface area (Å²) in [6.07, 6.45) is -1.67. The Hall–Kier alpha value is -4.34. The minimum absolute atomic E-state index is 0.0215. The van der Waals surface area contributed by atoms with Gasteiger partial charge in [-0.3, -0.25) is 14.6 Å². The van der Waals surface area contributed by atoms with E-state index in [0.29, 0.717) is 29.1 Å². The van der Waals surface area contributed by atoms with E-state index in [0.717, 1.165) is 24.3 Å². The van der Waals surface area contributed by atoms with Gasteiger partial charge in [0.05, 0.1) is 31.5 Å². The number of carbonyl (C=O) groups excluding carboxylic acids is 2. The molecule has 3 aromatic rings. The average Bonchev–Trinajstić information content (AvgIpc) is 3.50. The van der Waals surface area contributed by atoms with Gasteiger partial charge in [0.25, 0.3) is 5.91 Å². The van der Waals surface area contributed by atoms with Crippen molar-refractivity contribution in [2.75, 3.05) is 20.2 Å². The number of aromatic amines is 1. The second-order valence-electron chi connectivity index (χ2n) is 10.6. The number of piperidine rings is 1. The van der Waals surface area contributed by atoms with Gasteiger partial charge in [-0.05, 0) is 53.9 Å². The van der Waals surface area contributed by atoms with Crippen molar-refractivity contribution in [1.29, 1.82) is 0 Å². The molecule has 10 heteroatoms. The predicted molar refractivity (Wildman–Crippen MR) is 157 cm³/mol. The Labute approximate surface area is 244 Å². The highest BCUT2D eigenvalue weighted by Crippen LogP contribution is 2.33. The van der Waals surface area contributed by atoms with Crippen molar-refractivity contribution in [1.82, 2.24) is 9.88 Å². The number of carbonyl (C=O) groups is 2. The number of H-pyrrole nitrogens is 1. The highest BCUT2D eigenvalue weighted by molar-refractivity contribution is 6.12. The zero-order valence-corrected chi connectivity index (χ0v) is 24.5. The van der Waals surface area contributed by atoms with Gasteiger partial charge in [0.1, 0.15) is 11.4 Å². The van der Waals surface area contributed by atoms with Crippen LogP contribution in [-0.4, -0.2) is 47.5 Å².